The van der Waals surface area contributed by atoms with Gasteiger partial charge in [0.1, 0.15) is 5.69 Å². The Bertz CT molecular complexity index is 453. The fraction of sp³-hybridized carbons (Fsp3) is 0.692. The molecule has 0 aliphatic carbocycles. The van der Waals surface area contributed by atoms with E-state index in [1.165, 1.54) is 0 Å². The number of aryl methyl sites for hydroxylation is 2. The number of rotatable bonds is 4. The third-order valence-electron chi connectivity index (χ3n) is 3.61. The lowest BCUT2D eigenvalue weighted by molar-refractivity contribution is 0.0439. The van der Waals surface area contributed by atoms with Crippen LogP contribution in [0.1, 0.15) is 35.9 Å². The lowest BCUT2D eigenvalue weighted by atomic mass is 9.92. The average Bonchev–Trinajstić information content (AvgIpc) is 2.81. The Morgan fingerprint density at radius 3 is 2.79 bits per heavy atom. The summed E-state index contributed by atoms with van der Waals surface area (Å²) >= 11 is 3.51. The largest absolute Gasteiger partial charge is 0.381 e. The molecule has 1 amide bonds. The summed E-state index contributed by atoms with van der Waals surface area (Å²) in [5, 5.41) is 8.20. The number of carbonyl (C=O) groups excluding carboxylic acids is 1. The highest BCUT2D eigenvalue weighted by molar-refractivity contribution is 9.09. The molecule has 1 aliphatic heterocycles. The zero-order chi connectivity index (χ0) is 13.9. The van der Waals surface area contributed by atoms with Crippen LogP contribution in [0, 0.1) is 0 Å². The van der Waals surface area contributed by atoms with Gasteiger partial charge in [-0.25, -0.2) is 0 Å². The van der Waals surface area contributed by atoms with Crippen molar-refractivity contribution in [3.8, 4) is 0 Å². The van der Waals surface area contributed by atoms with Crippen LogP contribution in [0.4, 0.5) is 0 Å². The Hall–Kier alpha value is -0.880. The van der Waals surface area contributed by atoms with Gasteiger partial charge in [-0.15, -0.1) is 0 Å². The lowest BCUT2D eigenvalue weighted by Crippen LogP contribution is -2.53. The number of nitrogens with one attached hydrogen (secondary N) is 1. The molecule has 2 heterocycles. The molecule has 6 heteroatoms. The Morgan fingerprint density at radius 2 is 2.26 bits per heavy atom. The molecule has 0 atom stereocenters. The van der Waals surface area contributed by atoms with Crippen LogP contribution in [0.3, 0.4) is 0 Å². The number of halogens is 1. The first kappa shape index (κ1) is 14.5. The number of amides is 1. The minimum atomic E-state index is -0.202. The standard InChI is InChI=1S/C13H20BrN3O2/c1-3-10-8-11(17(2)16-10)12(18)15-13(9-14)4-6-19-7-5-13/h8H,3-7,9H2,1-2H3,(H,15,18). The molecule has 1 aromatic heterocycles. The number of nitrogens with zero attached hydrogens (tertiary/aromatic N) is 2. The summed E-state index contributed by atoms with van der Waals surface area (Å²) in [6.45, 7) is 3.41. The van der Waals surface area contributed by atoms with Crippen molar-refractivity contribution in [2.45, 2.75) is 31.7 Å². The number of ether oxygens (including phenoxy) is 1. The highest BCUT2D eigenvalue weighted by atomic mass is 79.9. The molecule has 0 bridgehead atoms. The summed E-state index contributed by atoms with van der Waals surface area (Å²) < 4.78 is 7.02. The van der Waals surface area contributed by atoms with E-state index in [0.717, 1.165) is 30.3 Å². The van der Waals surface area contributed by atoms with Gasteiger partial charge in [0.15, 0.2) is 0 Å². The van der Waals surface area contributed by atoms with Crippen molar-refractivity contribution >= 4 is 21.8 Å². The molecule has 106 valence electrons. The molecular formula is C13H20BrN3O2. The van der Waals surface area contributed by atoms with Crippen LogP contribution >= 0.6 is 15.9 Å². The highest BCUT2D eigenvalue weighted by Crippen LogP contribution is 2.23. The molecule has 1 fully saturated rings. The van der Waals surface area contributed by atoms with Crippen LogP contribution < -0.4 is 5.32 Å². The summed E-state index contributed by atoms with van der Waals surface area (Å²) in [4.78, 5) is 12.4. The van der Waals surface area contributed by atoms with Crippen molar-refractivity contribution in [2.75, 3.05) is 18.5 Å². The zero-order valence-corrected chi connectivity index (χ0v) is 13.0. The van der Waals surface area contributed by atoms with Gasteiger partial charge < -0.3 is 10.1 Å². The van der Waals surface area contributed by atoms with E-state index in [1.54, 1.807) is 11.7 Å². The van der Waals surface area contributed by atoms with E-state index in [2.05, 4.69) is 26.3 Å². The topological polar surface area (TPSA) is 56.1 Å². The van der Waals surface area contributed by atoms with E-state index in [0.29, 0.717) is 18.9 Å². The van der Waals surface area contributed by atoms with Crippen molar-refractivity contribution in [3.63, 3.8) is 0 Å². The van der Waals surface area contributed by atoms with E-state index in [9.17, 15) is 4.79 Å². The predicted molar refractivity (Wildman–Crippen MR) is 76.6 cm³/mol. The summed E-state index contributed by atoms with van der Waals surface area (Å²) in [6, 6.07) is 1.86. The minimum absolute atomic E-state index is 0.0592. The van der Waals surface area contributed by atoms with Crippen molar-refractivity contribution in [1.82, 2.24) is 15.1 Å². The van der Waals surface area contributed by atoms with E-state index >= 15 is 0 Å². The smallest absolute Gasteiger partial charge is 0.270 e. The fourth-order valence-electron chi connectivity index (χ4n) is 2.27. The predicted octanol–water partition coefficient (Wildman–Crippen LogP) is 1.66. The molecule has 0 radical (unpaired) electrons. The lowest BCUT2D eigenvalue weighted by Gasteiger charge is -2.36. The van der Waals surface area contributed by atoms with Crippen molar-refractivity contribution in [3.05, 3.63) is 17.5 Å². The van der Waals surface area contributed by atoms with Gasteiger partial charge in [0.05, 0.1) is 11.2 Å². The van der Waals surface area contributed by atoms with Crippen LogP contribution in [-0.4, -0.2) is 39.8 Å². The van der Waals surface area contributed by atoms with Crippen LogP contribution in [0.5, 0.6) is 0 Å². The second-order valence-electron chi connectivity index (χ2n) is 4.98. The number of aromatic nitrogens is 2. The second-order valence-corrected chi connectivity index (χ2v) is 5.54. The van der Waals surface area contributed by atoms with Gasteiger partial charge in [0.25, 0.3) is 5.91 Å². The quantitative estimate of drug-likeness (QED) is 0.854. The molecule has 19 heavy (non-hydrogen) atoms. The minimum Gasteiger partial charge on any atom is -0.381 e. The van der Waals surface area contributed by atoms with E-state index < -0.39 is 0 Å². The summed E-state index contributed by atoms with van der Waals surface area (Å²) in [5.74, 6) is -0.0592. The molecule has 0 spiro atoms. The number of hydrogen-bond acceptors (Lipinski definition) is 3. The molecule has 0 aromatic carbocycles. The molecule has 1 aliphatic rings. The van der Waals surface area contributed by atoms with Crippen LogP contribution in [0.25, 0.3) is 0 Å². The Kier molecular flexibility index (Phi) is 4.62. The monoisotopic (exact) mass is 329 g/mol. The number of alkyl halides is 1. The molecule has 1 saturated heterocycles. The average molecular weight is 330 g/mol. The first-order valence-corrected chi connectivity index (χ1v) is 7.71. The van der Waals surface area contributed by atoms with Crippen LogP contribution in [0.15, 0.2) is 6.07 Å². The van der Waals surface area contributed by atoms with E-state index in [1.807, 2.05) is 13.0 Å². The van der Waals surface area contributed by atoms with Gasteiger partial charge >= 0.3 is 0 Å². The zero-order valence-electron chi connectivity index (χ0n) is 11.4. The van der Waals surface area contributed by atoms with Crippen molar-refractivity contribution in [2.24, 2.45) is 7.05 Å². The van der Waals surface area contributed by atoms with E-state index in [4.69, 9.17) is 4.74 Å². The Labute approximate surface area is 121 Å². The van der Waals surface area contributed by atoms with Gasteiger partial charge in [0.2, 0.25) is 0 Å². The highest BCUT2D eigenvalue weighted by Gasteiger charge is 2.34. The van der Waals surface area contributed by atoms with Gasteiger partial charge in [0, 0.05) is 25.6 Å². The van der Waals surface area contributed by atoms with Gasteiger partial charge in [-0.1, -0.05) is 22.9 Å². The fourth-order valence-corrected chi connectivity index (χ4v) is 2.97. The van der Waals surface area contributed by atoms with Gasteiger partial charge in [-0.05, 0) is 25.3 Å². The SMILES string of the molecule is CCc1cc(C(=O)NC2(CBr)CCOCC2)n(C)n1. The van der Waals surface area contributed by atoms with Crippen LogP contribution in [-0.2, 0) is 18.2 Å². The van der Waals surface area contributed by atoms with Gasteiger partial charge in [-0.3, -0.25) is 9.48 Å². The molecule has 2 rings (SSSR count). The first-order chi connectivity index (χ1) is 9.10. The molecule has 0 unspecified atom stereocenters. The van der Waals surface area contributed by atoms with Crippen molar-refractivity contribution in [1.29, 1.82) is 0 Å². The normalized spacial score (nSPS) is 18.3. The third-order valence-corrected chi connectivity index (χ3v) is 4.68. The third kappa shape index (κ3) is 3.17. The molecule has 5 nitrogen and oxygen atoms in total. The molecule has 1 N–H and O–H groups in total. The Morgan fingerprint density at radius 1 is 1.58 bits per heavy atom. The maximum Gasteiger partial charge on any atom is 0.270 e. The maximum atomic E-state index is 12.4. The first-order valence-electron chi connectivity index (χ1n) is 6.59. The van der Waals surface area contributed by atoms with Crippen LogP contribution in [0.2, 0.25) is 0 Å². The second kappa shape index (κ2) is 6.05. The molecular weight excluding hydrogens is 310 g/mol. The molecule has 1 aromatic rings. The van der Waals surface area contributed by atoms with Crippen molar-refractivity contribution < 1.29 is 9.53 Å². The van der Waals surface area contributed by atoms with Gasteiger partial charge in [-0.2, -0.15) is 5.10 Å². The maximum absolute atomic E-state index is 12.4. The summed E-state index contributed by atoms with van der Waals surface area (Å²) in [5.41, 5.74) is 1.35. The molecule has 0 saturated carbocycles. The summed E-state index contributed by atoms with van der Waals surface area (Å²) in [7, 11) is 1.80. The number of carbonyl (C=O) groups is 1. The number of hydrogen-bond donors (Lipinski definition) is 1. The van der Waals surface area contributed by atoms with E-state index in [-0.39, 0.29) is 11.4 Å². The Balaban J connectivity index is 2.12. The summed E-state index contributed by atoms with van der Waals surface area (Å²) in [6.07, 6.45) is 2.50.